The molecule has 2 aromatic carbocycles. The van der Waals surface area contributed by atoms with Gasteiger partial charge in [0.25, 0.3) is 0 Å². The largest absolute Gasteiger partial charge is 0.758 e. The number of methoxy groups -OCH3 is 1. The van der Waals surface area contributed by atoms with Crippen molar-refractivity contribution >= 4 is 55.9 Å². The minimum absolute atomic E-state index is 0.267. The lowest BCUT2D eigenvalue weighted by molar-refractivity contribution is 0.415. The Morgan fingerprint density at radius 2 is 2.05 bits per heavy atom. The summed E-state index contributed by atoms with van der Waals surface area (Å²) in [6, 6.07) is 9.27. The Morgan fingerprint density at radius 3 is 2.62 bits per heavy atom. The molecule has 0 saturated carbocycles. The number of rotatable bonds is 4. The van der Waals surface area contributed by atoms with Crippen LogP contribution in [0.25, 0.3) is 11.1 Å². The molecule has 7 heteroatoms. The highest BCUT2D eigenvalue weighted by atomic mass is 31.0. The van der Waals surface area contributed by atoms with Crippen LogP contribution in [0.1, 0.15) is 0 Å². The molecule has 2 rings (SSSR count). The second-order valence-corrected chi connectivity index (χ2v) is 6.09. The van der Waals surface area contributed by atoms with Gasteiger partial charge in [0.1, 0.15) is 5.75 Å². The Labute approximate surface area is 137 Å². The smallest absolute Gasteiger partial charge is 0.176 e. The fourth-order valence-electron chi connectivity index (χ4n) is 2.18. The van der Waals surface area contributed by atoms with Gasteiger partial charge < -0.3 is 20.7 Å². The molecule has 0 aliphatic carbocycles. The van der Waals surface area contributed by atoms with Crippen LogP contribution >= 0.6 is 18.5 Å². The molecule has 0 aliphatic heterocycles. The van der Waals surface area contributed by atoms with Crippen LogP contribution in [0.3, 0.4) is 0 Å². The summed E-state index contributed by atoms with van der Waals surface area (Å²) in [7, 11) is 6.66. The number of hydroxylamine groups is 1. The summed E-state index contributed by atoms with van der Waals surface area (Å²) >= 11 is 2.66. The predicted molar refractivity (Wildman–Crippen MR) is 98.0 cm³/mol. The van der Waals surface area contributed by atoms with E-state index in [1.54, 1.807) is 13.2 Å². The Bertz CT molecular complexity index is 647. The van der Waals surface area contributed by atoms with E-state index in [9.17, 15) is 5.21 Å². The van der Waals surface area contributed by atoms with E-state index in [1.807, 2.05) is 24.3 Å². The highest BCUT2D eigenvalue weighted by Gasteiger charge is 2.15. The highest BCUT2D eigenvalue weighted by Crippen LogP contribution is 2.35. The summed E-state index contributed by atoms with van der Waals surface area (Å²) in [5.74, 6) is 0.637. The molecule has 0 aromatic heterocycles. The molecule has 2 N–H and O–H groups in total. The monoisotopic (exact) mass is 333 g/mol. The van der Waals surface area contributed by atoms with Crippen molar-refractivity contribution in [1.82, 2.24) is 0 Å². The van der Waals surface area contributed by atoms with E-state index in [0.29, 0.717) is 17.1 Å². The van der Waals surface area contributed by atoms with Gasteiger partial charge in [0.15, 0.2) is 16.3 Å². The molecule has 21 heavy (non-hydrogen) atoms. The first kappa shape index (κ1) is 16.6. The number of nitrogens with two attached hydrogens (primary N) is 1. The predicted octanol–water partition coefficient (Wildman–Crippen LogP) is 1.38. The zero-order valence-corrected chi connectivity index (χ0v) is 15.1. The van der Waals surface area contributed by atoms with Crippen molar-refractivity contribution in [3.63, 3.8) is 0 Å². The molecule has 0 bridgehead atoms. The Balaban J connectivity index is 2.78. The molecular weight excluding hydrogens is 317 g/mol. The van der Waals surface area contributed by atoms with E-state index >= 15 is 0 Å². The van der Waals surface area contributed by atoms with Gasteiger partial charge in [-0.05, 0) is 23.0 Å². The SMILES string of the molecule is COc1cc(P)c(-c2c(N)ccc[c]2[Al])c(N([O-])CP)c1. The van der Waals surface area contributed by atoms with Crippen molar-refractivity contribution in [3.05, 3.63) is 35.5 Å². The van der Waals surface area contributed by atoms with Gasteiger partial charge in [0, 0.05) is 29.3 Å². The zero-order valence-electron chi connectivity index (χ0n) is 11.7. The van der Waals surface area contributed by atoms with E-state index in [2.05, 4.69) is 34.8 Å². The van der Waals surface area contributed by atoms with E-state index in [-0.39, 0.29) is 6.29 Å². The second-order valence-electron chi connectivity index (χ2n) is 4.48. The lowest BCUT2D eigenvalue weighted by Crippen LogP contribution is -2.19. The van der Waals surface area contributed by atoms with Gasteiger partial charge in [-0.1, -0.05) is 12.1 Å². The van der Waals surface area contributed by atoms with Crippen LogP contribution in [0.15, 0.2) is 30.3 Å². The van der Waals surface area contributed by atoms with Gasteiger partial charge in [-0.3, -0.25) is 0 Å². The molecular formula is C14H16AlN2O2P2-. The van der Waals surface area contributed by atoms with Crippen molar-refractivity contribution in [2.24, 2.45) is 0 Å². The lowest BCUT2D eigenvalue weighted by Gasteiger charge is -2.33. The number of hydrogen-bond donors (Lipinski definition) is 1. The third kappa shape index (κ3) is 3.34. The van der Waals surface area contributed by atoms with Gasteiger partial charge in [0.05, 0.1) is 7.11 Å². The first-order valence-electron chi connectivity index (χ1n) is 6.26. The Hall–Kier alpha value is -0.808. The van der Waals surface area contributed by atoms with E-state index in [1.165, 1.54) is 0 Å². The Kier molecular flexibility index (Phi) is 5.50. The molecule has 0 fully saturated rings. The van der Waals surface area contributed by atoms with Gasteiger partial charge >= 0.3 is 0 Å². The fourth-order valence-corrected chi connectivity index (χ4v) is 3.26. The maximum absolute atomic E-state index is 12.2. The molecule has 2 unspecified atom stereocenters. The number of benzene rings is 2. The number of anilines is 2. The summed E-state index contributed by atoms with van der Waals surface area (Å²) in [5, 5.41) is 14.0. The minimum Gasteiger partial charge on any atom is -0.758 e. The van der Waals surface area contributed by atoms with Crippen molar-refractivity contribution in [1.29, 1.82) is 0 Å². The first-order valence-corrected chi connectivity index (χ1v) is 8.23. The minimum atomic E-state index is 0.267. The molecule has 2 radical (unpaired) electrons. The molecule has 0 heterocycles. The van der Waals surface area contributed by atoms with Crippen LogP contribution in [-0.4, -0.2) is 29.7 Å². The molecule has 0 aliphatic rings. The van der Waals surface area contributed by atoms with E-state index in [0.717, 1.165) is 25.9 Å². The molecule has 108 valence electrons. The van der Waals surface area contributed by atoms with Crippen LogP contribution < -0.4 is 25.3 Å². The fraction of sp³-hybridized carbons (Fsp3) is 0.143. The zero-order chi connectivity index (χ0) is 15.6. The van der Waals surface area contributed by atoms with Gasteiger partial charge in [-0.15, -0.1) is 22.9 Å². The quantitative estimate of drug-likeness (QED) is 0.397. The van der Waals surface area contributed by atoms with Gasteiger partial charge in [-0.25, -0.2) is 0 Å². The van der Waals surface area contributed by atoms with Crippen LogP contribution in [0, 0.1) is 5.21 Å². The number of ether oxygens (including phenoxy) is 1. The standard InChI is InChI=1S/C14H16N2O2P2.Al/c1-18-9-6-12(16(17)8-19)14(13(20)7-9)10-4-2-3-5-11(10)15;/h2-3,5-7H,8,15,19-20H2,1H3;/q-1;. The maximum Gasteiger partial charge on any atom is 0.176 e. The van der Waals surface area contributed by atoms with Gasteiger partial charge in [-0.2, -0.15) is 0 Å². The average Bonchev–Trinajstić information content (AvgIpc) is 2.47. The number of nitrogen functional groups attached to an aromatic ring is 1. The molecule has 2 aromatic rings. The third-order valence-electron chi connectivity index (χ3n) is 3.17. The summed E-state index contributed by atoms with van der Waals surface area (Å²) < 4.78 is 6.21. The molecule has 0 amide bonds. The lowest BCUT2D eigenvalue weighted by atomic mass is 10.0. The number of hydrogen-bond acceptors (Lipinski definition) is 4. The van der Waals surface area contributed by atoms with Gasteiger partial charge in [0.2, 0.25) is 0 Å². The topological polar surface area (TPSA) is 61.5 Å². The average molecular weight is 333 g/mol. The molecule has 0 saturated heterocycles. The summed E-state index contributed by atoms with van der Waals surface area (Å²) in [6.45, 7) is 0. The maximum atomic E-state index is 12.2. The first-order chi connectivity index (χ1) is 9.99. The summed E-state index contributed by atoms with van der Waals surface area (Å²) in [6.07, 6.45) is 0.267. The summed E-state index contributed by atoms with van der Waals surface area (Å²) in [5.41, 5.74) is 8.95. The Morgan fingerprint density at radius 1 is 1.33 bits per heavy atom. The van der Waals surface area contributed by atoms with Crippen molar-refractivity contribution in [3.8, 4) is 16.9 Å². The van der Waals surface area contributed by atoms with Crippen LogP contribution in [0.4, 0.5) is 11.4 Å². The highest BCUT2D eigenvalue weighted by molar-refractivity contribution is 7.28. The van der Waals surface area contributed by atoms with Crippen molar-refractivity contribution in [2.75, 3.05) is 24.2 Å². The summed E-state index contributed by atoms with van der Waals surface area (Å²) in [4.78, 5) is 0. The molecule has 2 atom stereocenters. The molecule has 0 spiro atoms. The normalized spacial score (nSPS) is 10.5. The van der Waals surface area contributed by atoms with Crippen LogP contribution in [0.2, 0.25) is 0 Å². The van der Waals surface area contributed by atoms with E-state index in [4.69, 9.17) is 10.5 Å². The second kappa shape index (κ2) is 6.97. The molecule has 4 nitrogen and oxygen atoms in total. The van der Waals surface area contributed by atoms with Crippen molar-refractivity contribution in [2.45, 2.75) is 0 Å². The number of nitrogens with zero attached hydrogens (tertiary/aromatic N) is 1. The van der Waals surface area contributed by atoms with Crippen LogP contribution in [-0.2, 0) is 0 Å². The van der Waals surface area contributed by atoms with Crippen LogP contribution in [0.5, 0.6) is 5.75 Å². The third-order valence-corrected chi connectivity index (χ3v) is 4.44. The van der Waals surface area contributed by atoms with Crippen molar-refractivity contribution < 1.29 is 4.74 Å². The van der Waals surface area contributed by atoms with E-state index < -0.39 is 0 Å².